The number of rotatable bonds is 8. The molecule has 2 N–H and O–H groups in total. The summed E-state index contributed by atoms with van der Waals surface area (Å²) in [5.74, 6) is -0.0985. The number of sulfonamides is 1. The van der Waals surface area contributed by atoms with Crippen molar-refractivity contribution < 1.29 is 23.1 Å². The second-order valence-electron chi connectivity index (χ2n) is 6.77. The molecule has 0 aliphatic rings. The first-order valence-electron chi connectivity index (χ1n) is 9.66. The molecule has 3 aromatic carbocycles. The van der Waals surface area contributed by atoms with E-state index in [-0.39, 0.29) is 10.6 Å². The van der Waals surface area contributed by atoms with Crippen molar-refractivity contribution in [3.63, 3.8) is 0 Å². The highest BCUT2D eigenvalue weighted by Crippen LogP contribution is 2.25. The molecular formula is C23H23N3O5S. The SMILES string of the molecule is COc1ccc(S(=O)(=O)N(CC(=O)N/N=C(/C)c2ccccc2O)c2ccccc2)cc1. The summed E-state index contributed by atoms with van der Waals surface area (Å²) in [4.78, 5) is 12.6. The number of ether oxygens (including phenoxy) is 1. The van der Waals surface area contributed by atoms with E-state index < -0.39 is 22.5 Å². The van der Waals surface area contributed by atoms with E-state index >= 15 is 0 Å². The van der Waals surface area contributed by atoms with Gasteiger partial charge in [-0.15, -0.1) is 0 Å². The number of hydrogen-bond acceptors (Lipinski definition) is 6. The number of benzene rings is 3. The van der Waals surface area contributed by atoms with Gasteiger partial charge in [0.25, 0.3) is 15.9 Å². The molecule has 0 aliphatic heterocycles. The van der Waals surface area contributed by atoms with Crippen molar-refractivity contribution in [1.29, 1.82) is 0 Å². The van der Waals surface area contributed by atoms with Gasteiger partial charge in [0.1, 0.15) is 18.0 Å². The Hall–Kier alpha value is -3.85. The first-order valence-corrected chi connectivity index (χ1v) is 11.1. The van der Waals surface area contributed by atoms with Crippen LogP contribution in [0.1, 0.15) is 12.5 Å². The van der Waals surface area contributed by atoms with Crippen molar-refractivity contribution >= 4 is 27.3 Å². The Morgan fingerprint density at radius 3 is 2.25 bits per heavy atom. The van der Waals surface area contributed by atoms with Gasteiger partial charge in [-0.3, -0.25) is 9.10 Å². The van der Waals surface area contributed by atoms with Crippen LogP contribution in [-0.4, -0.2) is 38.8 Å². The number of aromatic hydroxyl groups is 1. The topological polar surface area (TPSA) is 108 Å². The molecule has 0 atom stereocenters. The third kappa shape index (κ3) is 5.25. The van der Waals surface area contributed by atoms with E-state index in [0.717, 1.165) is 4.31 Å². The van der Waals surface area contributed by atoms with Crippen molar-refractivity contribution in [2.45, 2.75) is 11.8 Å². The van der Waals surface area contributed by atoms with Gasteiger partial charge in [0.2, 0.25) is 0 Å². The fourth-order valence-corrected chi connectivity index (χ4v) is 4.36. The molecule has 166 valence electrons. The van der Waals surface area contributed by atoms with E-state index in [0.29, 0.717) is 22.7 Å². The summed E-state index contributed by atoms with van der Waals surface area (Å²) in [7, 11) is -2.56. The molecule has 32 heavy (non-hydrogen) atoms. The Labute approximate surface area is 186 Å². The van der Waals surface area contributed by atoms with Crippen LogP contribution in [-0.2, 0) is 14.8 Å². The molecule has 9 heteroatoms. The summed E-state index contributed by atoms with van der Waals surface area (Å²) < 4.78 is 32.7. The molecule has 3 aromatic rings. The van der Waals surface area contributed by atoms with Gasteiger partial charge in [0, 0.05) is 5.56 Å². The number of amides is 1. The van der Waals surface area contributed by atoms with Crippen molar-refractivity contribution in [2.24, 2.45) is 5.10 Å². The van der Waals surface area contributed by atoms with E-state index in [4.69, 9.17) is 4.74 Å². The van der Waals surface area contributed by atoms with Crippen molar-refractivity contribution in [3.05, 3.63) is 84.4 Å². The molecule has 0 saturated carbocycles. The highest BCUT2D eigenvalue weighted by Gasteiger charge is 2.27. The number of anilines is 1. The Bertz CT molecular complexity index is 1210. The number of carbonyl (C=O) groups is 1. The lowest BCUT2D eigenvalue weighted by atomic mass is 10.1. The van der Waals surface area contributed by atoms with Gasteiger partial charge < -0.3 is 9.84 Å². The Morgan fingerprint density at radius 1 is 1.00 bits per heavy atom. The number of phenolic OH excluding ortho intramolecular Hbond substituents is 1. The summed E-state index contributed by atoms with van der Waals surface area (Å²) in [5, 5.41) is 13.9. The summed E-state index contributed by atoms with van der Waals surface area (Å²) in [5.41, 5.74) is 3.53. The summed E-state index contributed by atoms with van der Waals surface area (Å²) in [6, 6.07) is 20.8. The molecule has 0 saturated heterocycles. The zero-order valence-corrected chi connectivity index (χ0v) is 18.4. The minimum Gasteiger partial charge on any atom is -0.507 e. The molecule has 0 unspecified atom stereocenters. The van der Waals surface area contributed by atoms with Gasteiger partial charge in [0.05, 0.1) is 23.4 Å². The van der Waals surface area contributed by atoms with Crippen LogP contribution in [0.25, 0.3) is 0 Å². The predicted octanol–water partition coefficient (Wildman–Crippen LogP) is 3.14. The zero-order valence-electron chi connectivity index (χ0n) is 17.6. The van der Waals surface area contributed by atoms with E-state index in [9.17, 15) is 18.3 Å². The first-order chi connectivity index (χ1) is 15.3. The highest BCUT2D eigenvalue weighted by molar-refractivity contribution is 7.92. The Kier molecular flexibility index (Phi) is 7.11. The maximum absolute atomic E-state index is 13.3. The third-order valence-electron chi connectivity index (χ3n) is 4.62. The van der Waals surface area contributed by atoms with Gasteiger partial charge in [-0.2, -0.15) is 5.10 Å². The normalized spacial score (nSPS) is 11.6. The average Bonchev–Trinajstić information content (AvgIpc) is 2.81. The molecule has 0 aliphatic carbocycles. The van der Waals surface area contributed by atoms with Crippen LogP contribution in [0.5, 0.6) is 11.5 Å². The van der Waals surface area contributed by atoms with Gasteiger partial charge >= 0.3 is 0 Å². The largest absolute Gasteiger partial charge is 0.507 e. The van der Waals surface area contributed by atoms with Gasteiger partial charge in [0.15, 0.2) is 0 Å². The second kappa shape index (κ2) is 9.97. The van der Waals surface area contributed by atoms with Gasteiger partial charge in [-0.25, -0.2) is 13.8 Å². The highest BCUT2D eigenvalue weighted by atomic mass is 32.2. The predicted molar refractivity (Wildman–Crippen MR) is 122 cm³/mol. The molecule has 3 rings (SSSR count). The van der Waals surface area contributed by atoms with Crippen LogP contribution in [0.15, 0.2) is 88.9 Å². The second-order valence-corrected chi connectivity index (χ2v) is 8.63. The van der Waals surface area contributed by atoms with Crippen LogP contribution in [0.4, 0.5) is 5.69 Å². The lowest BCUT2D eigenvalue weighted by Crippen LogP contribution is -2.39. The molecular weight excluding hydrogens is 430 g/mol. The number of hydrogen-bond donors (Lipinski definition) is 2. The van der Waals surface area contributed by atoms with Crippen LogP contribution < -0.4 is 14.5 Å². The molecule has 0 radical (unpaired) electrons. The Balaban J connectivity index is 1.86. The average molecular weight is 454 g/mol. The first kappa shape index (κ1) is 22.8. The molecule has 0 bridgehead atoms. The van der Waals surface area contributed by atoms with Crippen molar-refractivity contribution in [2.75, 3.05) is 18.0 Å². The van der Waals surface area contributed by atoms with Crippen molar-refractivity contribution in [3.8, 4) is 11.5 Å². The maximum Gasteiger partial charge on any atom is 0.264 e. The van der Waals surface area contributed by atoms with Crippen LogP contribution >= 0.6 is 0 Å². The van der Waals surface area contributed by atoms with E-state index in [1.807, 2.05) is 0 Å². The minimum atomic E-state index is -4.04. The lowest BCUT2D eigenvalue weighted by molar-refractivity contribution is -0.119. The van der Waals surface area contributed by atoms with Crippen molar-refractivity contribution in [1.82, 2.24) is 5.43 Å². The quantitative estimate of drug-likeness (QED) is 0.402. The molecule has 1 amide bonds. The smallest absolute Gasteiger partial charge is 0.264 e. The molecule has 0 aromatic heterocycles. The lowest BCUT2D eigenvalue weighted by Gasteiger charge is -2.23. The van der Waals surface area contributed by atoms with E-state index in [1.165, 1.54) is 37.4 Å². The summed E-state index contributed by atoms with van der Waals surface area (Å²) >= 11 is 0. The molecule has 0 fully saturated rings. The molecule has 0 heterocycles. The fourth-order valence-electron chi connectivity index (χ4n) is 2.94. The van der Waals surface area contributed by atoms with E-state index in [1.54, 1.807) is 55.5 Å². The van der Waals surface area contributed by atoms with Crippen LogP contribution in [0.2, 0.25) is 0 Å². The number of para-hydroxylation sites is 2. The van der Waals surface area contributed by atoms with E-state index in [2.05, 4.69) is 10.5 Å². The van der Waals surface area contributed by atoms with Crippen LogP contribution in [0.3, 0.4) is 0 Å². The number of phenols is 1. The number of hydrazone groups is 1. The number of nitrogens with one attached hydrogen (secondary N) is 1. The monoisotopic (exact) mass is 453 g/mol. The minimum absolute atomic E-state index is 0.0174. The standard InChI is InChI=1S/C23H23N3O5S/c1-17(21-10-6-7-11-22(21)27)24-25-23(28)16-26(18-8-4-3-5-9-18)32(29,30)20-14-12-19(31-2)13-15-20/h3-15,27H,16H2,1-2H3,(H,25,28)/b24-17-. The molecule has 0 spiro atoms. The number of carbonyl (C=O) groups excluding carboxylic acids is 1. The number of nitrogens with zero attached hydrogens (tertiary/aromatic N) is 2. The number of methoxy groups -OCH3 is 1. The van der Waals surface area contributed by atoms with Gasteiger partial charge in [-0.05, 0) is 55.5 Å². The fraction of sp³-hybridized carbons (Fsp3) is 0.130. The third-order valence-corrected chi connectivity index (χ3v) is 6.41. The van der Waals surface area contributed by atoms with Gasteiger partial charge in [-0.1, -0.05) is 30.3 Å². The molecule has 8 nitrogen and oxygen atoms in total. The zero-order chi connectivity index (χ0) is 23.1. The summed E-state index contributed by atoms with van der Waals surface area (Å²) in [6.07, 6.45) is 0. The van der Waals surface area contributed by atoms with Crippen LogP contribution in [0, 0.1) is 0 Å². The summed E-state index contributed by atoms with van der Waals surface area (Å²) in [6.45, 7) is 1.13. The maximum atomic E-state index is 13.3. The Morgan fingerprint density at radius 2 is 1.62 bits per heavy atom.